The third-order valence-corrected chi connectivity index (χ3v) is 4.74. The first-order valence-electron chi connectivity index (χ1n) is 9.40. The van der Waals surface area contributed by atoms with E-state index < -0.39 is 0 Å². The van der Waals surface area contributed by atoms with Gasteiger partial charge >= 0.3 is 0 Å². The van der Waals surface area contributed by atoms with Crippen LogP contribution in [0.4, 0.5) is 10.2 Å². The third-order valence-electron chi connectivity index (χ3n) is 4.74. The summed E-state index contributed by atoms with van der Waals surface area (Å²) in [6.45, 7) is 4.88. The number of fused-ring (bicyclic) bond motifs is 2. The molecule has 0 radical (unpaired) electrons. The molecule has 0 aliphatic carbocycles. The summed E-state index contributed by atoms with van der Waals surface area (Å²) in [5.41, 5.74) is 3.17. The molecule has 2 aromatic heterocycles. The highest BCUT2D eigenvalue weighted by Crippen LogP contribution is 2.27. The van der Waals surface area contributed by atoms with Crippen LogP contribution in [0.25, 0.3) is 21.9 Å². The van der Waals surface area contributed by atoms with Crippen LogP contribution in [-0.2, 0) is 6.54 Å². The molecule has 1 N–H and O–H groups in total. The van der Waals surface area contributed by atoms with Crippen molar-refractivity contribution in [2.75, 3.05) is 5.32 Å². The summed E-state index contributed by atoms with van der Waals surface area (Å²) in [7, 11) is 0. The molecule has 2 heterocycles. The first-order valence-corrected chi connectivity index (χ1v) is 9.40. The van der Waals surface area contributed by atoms with Gasteiger partial charge in [-0.1, -0.05) is 25.5 Å². The number of nitrogens with zero attached hydrogens (tertiary/aromatic N) is 3. The van der Waals surface area contributed by atoms with Gasteiger partial charge in [-0.05, 0) is 55.3 Å². The Bertz CT molecular complexity index is 1160. The fraction of sp³-hybridized carbons (Fsp3) is 0.227. The lowest BCUT2D eigenvalue weighted by atomic mass is 10.1. The van der Waals surface area contributed by atoms with Crippen LogP contribution >= 0.6 is 0 Å². The van der Waals surface area contributed by atoms with Crippen molar-refractivity contribution in [3.8, 4) is 0 Å². The number of aromatic nitrogens is 3. The Morgan fingerprint density at radius 1 is 1.14 bits per heavy atom. The Morgan fingerprint density at radius 2 is 1.93 bits per heavy atom. The second-order valence-corrected chi connectivity index (χ2v) is 6.94. The molecular formula is C22H21FN4O. The number of nitrogens with one attached hydrogen (secondary N) is 1. The van der Waals surface area contributed by atoms with Crippen molar-refractivity contribution in [2.24, 2.45) is 0 Å². The molecule has 1 amide bonds. The predicted molar refractivity (Wildman–Crippen MR) is 109 cm³/mol. The van der Waals surface area contributed by atoms with Gasteiger partial charge in [-0.3, -0.25) is 4.79 Å². The lowest BCUT2D eigenvalue weighted by molar-refractivity contribution is 0.102. The molecule has 0 bridgehead atoms. The van der Waals surface area contributed by atoms with E-state index in [0.717, 1.165) is 46.9 Å². The number of rotatable bonds is 5. The zero-order valence-electron chi connectivity index (χ0n) is 15.9. The van der Waals surface area contributed by atoms with Gasteiger partial charge in [0, 0.05) is 17.5 Å². The van der Waals surface area contributed by atoms with Gasteiger partial charge in [0.05, 0.1) is 10.9 Å². The highest BCUT2D eigenvalue weighted by molar-refractivity contribution is 6.08. The van der Waals surface area contributed by atoms with Crippen molar-refractivity contribution in [3.05, 3.63) is 65.5 Å². The molecule has 0 saturated carbocycles. The Labute approximate surface area is 162 Å². The van der Waals surface area contributed by atoms with Crippen LogP contribution in [0.2, 0.25) is 0 Å². The van der Waals surface area contributed by atoms with Crippen molar-refractivity contribution in [3.63, 3.8) is 0 Å². The predicted octanol–water partition coefficient (Wildman–Crippen LogP) is 5.08. The van der Waals surface area contributed by atoms with Gasteiger partial charge < -0.3 is 5.32 Å². The molecule has 6 heteroatoms. The standard InChI is InChI=1S/C22H21FN4O/c1-3-4-11-27-21-18(13-16-6-5-14(2)12-19(16)24-21)20(26-27)25-22(28)15-7-9-17(23)10-8-15/h5-10,12-13H,3-4,11H2,1-2H3,(H,25,26,28). The van der Waals surface area contributed by atoms with Crippen LogP contribution in [0.3, 0.4) is 0 Å². The number of amides is 1. The van der Waals surface area contributed by atoms with Crippen LogP contribution in [0.1, 0.15) is 35.7 Å². The molecule has 5 nitrogen and oxygen atoms in total. The zero-order valence-corrected chi connectivity index (χ0v) is 15.9. The summed E-state index contributed by atoms with van der Waals surface area (Å²) in [5.74, 6) is -0.238. The van der Waals surface area contributed by atoms with E-state index in [1.54, 1.807) is 0 Å². The summed E-state index contributed by atoms with van der Waals surface area (Å²) >= 11 is 0. The highest BCUT2D eigenvalue weighted by atomic mass is 19.1. The van der Waals surface area contributed by atoms with Gasteiger partial charge in [0.15, 0.2) is 11.5 Å². The molecule has 0 saturated heterocycles. The van der Waals surface area contributed by atoms with Gasteiger partial charge in [0.2, 0.25) is 0 Å². The largest absolute Gasteiger partial charge is 0.305 e. The minimum Gasteiger partial charge on any atom is -0.305 e. The molecule has 0 atom stereocenters. The van der Waals surface area contributed by atoms with E-state index >= 15 is 0 Å². The van der Waals surface area contributed by atoms with Gasteiger partial charge in [0.25, 0.3) is 5.91 Å². The van der Waals surface area contributed by atoms with Crippen molar-refractivity contribution in [1.82, 2.24) is 14.8 Å². The molecule has 4 rings (SSSR count). The maximum absolute atomic E-state index is 13.1. The molecule has 0 aliphatic heterocycles. The summed E-state index contributed by atoms with van der Waals surface area (Å²) in [6.07, 6.45) is 2.00. The average molecular weight is 376 g/mol. The maximum atomic E-state index is 13.1. The van der Waals surface area contributed by atoms with E-state index in [0.29, 0.717) is 11.4 Å². The molecule has 0 aliphatic rings. The number of benzene rings is 2. The van der Waals surface area contributed by atoms with E-state index in [9.17, 15) is 9.18 Å². The molecule has 0 fully saturated rings. The number of hydrogen-bond donors (Lipinski definition) is 1. The number of hydrogen-bond acceptors (Lipinski definition) is 3. The van der Waals surface area contributed by atoms with Crippen molar-refractivity contribution < 1.29 is 9.18 Å². The van der Waals surface area contributed by atoms with Crippen LogP contribution in [0.5, 0.6) is 0 Å². The fourth-order valence-corrected chi connectivity index (χ4v) is 3.20. The van der Waals surface area contributed by atoms with Gasteiger partial charge in [-0.25, -0.2) is 14.1 Å². The second-order valence-electron chi connectivity index (χ2n) is 6.94. The van der Waals surface area contributed by atoms with E-state index in [-0.39, 0.29) is 11.7 Å². The lowest BCUT2D eigenvalue weighted by Crippen LogP contribution is -2.13. The summed E-state index contributed by atoms with van der Waals surface area (Å²) < 4.78 is 15.0. The minimum absolute atomic E-state index is 0.328. The monoisotopic (exact) mass is 376 g/mol. The minimum atomic E-state index is -0.378. The lowest BCUT2D eigenvalue weighted by Gasteiger charge is -2.04. The van der Waals surface area contributed by atoms with Gasteiger partial charge in [-0.2, -0.15) is 5.10 Å². The molecular weight excluding hydrogens is 355 g/mol. The Kier molecular flexibility index (Phi) is 4.77. The molecule has 2 aromatic carbocycles. The van der Waals surface area contributed by atoms with Crippen LogP contribution in [0.15, 0.2) is 48.5 Å². The van der Waals surface area contributed by atoms with Crippen LogP contribution < -0.4 is 5.32 Å². The Morgan fingerprint density at radius 3 is 2.68 bits per heavy atom. The topological polar surface area (TPSA) is 59.8 Å². The summed E-state index contributed by atoms with van der Waals surface area (Å²) in [5, 5.41) is 9.25. The third kappa shape index (κ3) is 3.45. The molecule has 0 unspecified atom stereocenters. The van der Waals surface area contributed by atoms with Crippen LogP contribution in [0, 0.1) is 12.7 Å². The van der Waals surface area contributed by atoms with E-state index in [1.165, 1.54) is 24.3 Å². The van der Waals surface area contributed by atoms with E-state index in [2.05, 4.69) is 17.3 Å². The highest BCUT2D eigenvalue weighted by Gasteiger charge is 2.16. The van der Waals surface area contributed by atoms with Gasteiger partial charge in [-0.15, -0.1) is 0 Å². The first kappa shape index (κ1) is 18.1. The van der Waals surface area contributed by atoms with Crippen LogP contribution in [-0.4, -0.2) is 20.7 Å². The van der Waals surface area contributed by atoms with Gasteiger partial charge in [0.1, 0.15) is 5.82 Å². The number of anilines is 1. The maximum Gasteiger partial charge on any atom is 0.256 e. The molecule has 28 heavy (non-hydrogen) atoms. The SMILES string of the molecule is CCCCn1nc(NC(=O)c2ccc(F)cc2)c2cc3ccc(C)cc3nc21. The van der Waals surface area contributed by atoms with Crippen molar-refractivity contribution in [1.29, 1.82) is 0 Å². The van der Waals surface area contributed by atoms with Crippen molar-refractivity contribution >= 4 is 33.7 Å². The zero-order chi connectivity index (χ0) is 19.7. The molecule has 4 aromatic rings. The second kappa shape index (κ2) is 7.38. The van der Waals surface area contributed by atoms with E-state index in [4.69, 9.17) is 4.98 Å². The number of pyridine rings is 1. The first-order chi connectivity index (χ1) is 13.5. The smallest absolute Gasteiger partial charge is 0.256 e. The number of halogens is 1. The fourth-order valence-electron chi connectivity index (χ4n) is 3.20. The Balaban J connectivity index is 1.79. The number of unbranched alkanes of at least 4 members (excludes halogenated alkanes) is 1. The average Bonchev–Trinajstić information content (AvgIpc) is 3.01. The quantitative estimate of drug-likeness (QED) is 0.528. The number of carbonyl (C=O) groups is 1. The molecule has 0 spiro atoms. The number of carbonyl (C=O) groups excluding carboxylic acids is 1. The molecule has 142 valence electrons. The van der Waals surface area contributed by atoms with E-state index in [1.807, 2.05) is 35.9 Å². The summed E-state index contributed by atoms with van der Waals surface area (Å²) in [6, 6.07) is 13.6. The Hall–Kier alpha value is -3.28. The normalized spacial score (nSPS) is 11.2. The van der Waals surface area contributed by atoms with Crippen molar-refractivity contribution in [2.45, 2.75) is 33.2 Å². The summed E-state index contributed by atoms with van der Waals surface area (Å²) in [4.78, 5) is 17.4. The number of aryl methyl sites for hydroxylation is 2.